The molecule has 18 heavy (non-hydrogen) atoms. The Labute approximate surface area is 100 Å². The van der Waals surface area contributed by atoms with E-state index in [0.717, 1.165) is 6.92 Å². The Morgan fingerprint density at radius 3 is 2.00 bits per heavy atom. The average molecular weight is 300 g/mol. The van der Waals surface area contributed by atoms with E-state index in [2.05, 4.69) is 4.52 Å². The fourth-order valence-corrected chi connectivity index (χ4v) is 2.07. The standard InChI is InChI=1S/C8H14F5O4P/c1-3-5(17-18(14,15)16)4(2)6(9)8(12,13)7(10)11/h4-7H,3H2,1-2H3,(H2,14,15,16). The summed E-state index contributed by atoms with van der Waals surface area (Å²) in [6.45, 7) is 2.12. The molecule has 2 N–H and O–H groups in total. The third kappa shape index (κ3) is 4.79. The van der Waals surface area contributed by atoms with Crippen LogP contribution < -0.4 is 0 Å². The van der Waals surface area contributed by atoms with Crippen LogP contribution in [0.1, 0.15) is 20.3 Å². The lowest BCUT2D eigenvalue weighted by atomic mass is 9.93. The van der Waals surface area contributed by atoms with Crippen LogP contribution in [0.2, 0.25) is 0 Å². The van der Waals surface area contributed by atoms with Crippen LogP contribution in [-0.4, -0.2) is 34.4 Å². The molecule has 0 amide bonds. The molecule has 0 radical (unpaired) electrons. The largest absolute Gasteiger partial charge is 0.469 e. The van der Waals surface area contributed by atoms with E-state index in [9.17, 15) is 26.5 Å². The van der Waals surface area contributed by atoms with Crippen molar-refractivity contribution in [2.45, 2.75) is 44.9 Å². The van der Waals surface area contributed by atoms with Gasteiger partial charge in [-0.1, -0.05) is 13.8 Å². The van der Waals surface area contributed by atoms with Crippen molar-refractivity contribution in [2.24, 2.45) is 5.92 Å². The Morgan fingerprint density at radius 1 is 1.28 bits per heavy atom. The van der Waals surface area contributed by atoms with E-state index in [1.165, 1.54) is 6.92 Å². The second-order valence-electron chi connectivity index (χ2n) is 3.78. The molecule has 0 aromatic carbocycles. The zero-order valence-electron chi connectivity index (χ0n) is 9.56. The fraction of sp³-hybridized carbons (Fsp3) is 1.00. The molecule has 0 aliphatic carbocycles. The van der Waals surface area contributed by atoms with Gasteiger partial charge in [-0.2, -0.15) is 8.78 Å². The number of hydrogen-bond acceptors (Lipinski definition) is 2. The second-order valence-corrected chi connectivity index (χ2v) is 4.97. The first-order valence-electron chi connectivity index (χ1n) is 4.97. The number of hydrogen-bond donors (Lipinski definition) is 2. The minimum atomic E-state index is -5.01. The molecule has 0 aromatic heterocycles. The Hall–Kier alpha value is -0.240. The lowest BCUT2D eigenvalue weighted by Gasteiger charge is -2.30. The number of phosphoric acid groups is 1. The summed E-state index contributed by atoms with van der Waals surface area (Å²) in [6, 6.07) is 0. The molecule has 0 spiro atoms. The van der Waals surface area contributed by atoms with Gasteiger partial charge >= 0.3 is 20.2 Å². The van der Waals surface area contributed by atoms with Gasteiger partial charge in [0.1, 0.15) is 0 Å². The SMILES string of the molecule is CCC(OP(=O)(O)O)C(C)C(F)C(F)(F)C(F)F. The molecule has 3 unspecified atom stereocenters. The van der Waals surface area contributed by atoms with Crippen LogP contribution in [0.5, 0.6) is 0 Å². The van der Waals surface area contributed by atoms with Crippen LogP contribution in [0.15, 0.2) is 0 Å². The summed E-state index contributed by atoms with van der Waals surface area (Å²) < 4.78 is 77.3. The van der Waals surface area contributed by atoms with Gasteiger partial charge in [-0.15, -0.1) is 0 Å². The molecular weight excluding hydrogens is 286 g/mol. The Balaban J connectivity index is 4.89. The molecule has 0 heterocycles. The maximum atomic E-state index is 13.3. The van der Waals surface area contributed by atoms with E-state index in [1.54, 1.807) is 0 Å². The summed E-state index contributed by atoms with van der Waals surface area (Å²) in [5, 5.41) is 0. The van der Waals surface area contributed by atoms with Crippen molar-refractivity contribution in [1.29, 1.82) is 0 Å². The van der Waals surface area contributed by atoms with Crippen molar-refractivity contribution < 1.29 is 40.8 Å². The van der Waals surface area contributed by atoms with Gasteiger partial charge in [0.05, 0.1) is 6.10 Å². The monoisotopic (exact) mass is 300 g/mol. The van der Waals surface area contributed by atoms with Crippen molar-refractivity contribution >= 4 is 7.82 Å². The Morgan fingerprint density at radius 2 is 1.72 bits per heavy atom. The van der Waals surface area contributed by atoms with Gasteiger partial charge in [0.15, 0.2) is 6.17 Å². The second kappa shape index (κ2) is 6.27. The highest BCUT2D eigenvalue weighted by Gasteiger charge is 2.53. The first-order valence-corrected chi connectivity index (χ1v) is 6.50. The fourth-order valence-electron chi connectivity index (χ4n) is 1.38. The lowest BCUT2D eigenvalue weighted by molar-refractivity contribution is -0.189. The summed E-state index contributed by atoms with van der Waals surface area (Å²) in [4.78, 5) is 17.0. The van der Waals surface area contributed by atoms with Gasteiger partial charge in [0, 0.05) is 5.92 Å². The topological polar surface area (TPSA) is 66.8 Å². The zero-order valence-corrected chi connectivity index (χ0v) is 10.5. The first kappa shape index (κ1) is 17.8. The van der Waals surface area contributed by atoms with E-state index in [-0.39, 0.29) is 6.42 Å². The van der Waals surface area contributed by atoms with Crippen LogP contribution in [0.4, 0.5) is 22.0 Å². The molecule has 0 saturated carbocycles. The third-order valence-corrected chi connectivity index (χ3v) is 2.93. The number of halogens is 5. The number of rotatable bonds is 7. The average Bonchev–Trinajstić information content (AvgIpc) is 2.22. The van der Waals surface area contributed by atoms with Gasteiger partial charge in [-0.05, 0) is 6.42 Å². The van der Waals surface area contributed by atoms with Crippen molar-refractivity contribution in [2.75, 3.05) is 0 Å². The molecule has 110 valence electrons. The van der Waals surface area contributed by atoms with Gasteiger partial charge in [0.2, 0.25) is 0 Å². The third-order valence-electron chi connectivity index (χ3n) is 2.38. The summed E-state index contributed by atoms with van der Waals surface area (Å²) in [7, 11) is -5.01. The molecule has 0 aromatic rings. The lowest BCUT2D eigenvalue weighted by Crippen LogP contribution is -2.45. The molecule has 0 rings (SSSR count). The Kier molecular flexibility index (Phi) is 6.19. The van der Waals surface area contributed by atoms with E-state index in [0.29, 0.717) is 0 Å². The summed E-state index contributed by atoms with van der Waals surface area (Å²) >= 11 is 0. The van der Waals surface area contributed by atoms with Gasteiger partial charge in [0.25, 0.3) is 0 Å². The molecule has 0 aliphatic rings. The minimum Gasteiger partial charge on any atom is -0.303 e. The molecule has 3 atom stereocenters. The molecule has 0 aliphatic heterocycles. The predicted molar refractivity (Wildman–Crippen MR) is 52.2 cm³/mol. The van der Waals surface area contributed by atoms with Crippen LogP contribution in [0.25, 0.3) is 0 Å². The van der Waals surface area contributed by atoms with E-state index < -0.39 is 38.4 Å². The molecule has 0 saturated heterocycles. The molecule has 4 nitrogen and oxygen atoms in total. The highest BCUT2D eigenvalue weighted by molar-refractivity contribution is 7.46. The van der Waals surface area contributed by atoms with Crippen LogP contribution in [0.3, 0.4) is 0 Å². The molecule has 0 fully saturated rings. The first-order chi connectivity index (χ1) is 7.93. The predicted octanol–water partition coefficient (Wildman–Crippen LogP) is 2.75. The van der Waals surface area contributed by atoms with Crippen LogP contribution >= 0.6 is 7.82 Å². The normalized spacial score (nSPS) is 18.8. The maximum absolute atomic E-state index is 13.3. The quantitative estimate of drug-likeness (QED) is 0.560. The van der Waals surface area contributed by atoms with Crippen molar-refractivity contribution in [1.82, 2.24) is 0 Å². The highest BCUT2D eigenvalue weighted by Crippen LogP contribution is 2.43. The molecule has 10 heteroatoms. The van der Waals surface area contributed by atoms with Gasteiger partial charge < -0.3 is 9.79 Å². The summed E-state index contributed by atoms with van der Waals surface area (Å²) in [5.74, 6) is -6.70. The van der Waals surface area contributed by atoms with Crippen LogP contribution in [-0.2, 0) is 9.09 Å². The maximum Gasteiger partial charge on any atom is 0.469 e. The van der Waals surface area contributed by atoms with Gasteiger partial charge in [-0.25, -0.2) is 17.7 Å². The smallest absolute Gasteiger partial charge is 0.303 e. The van der Waals surface area contributed by atoms with Crippen molar-refractivity contribution in [3.63, 3.8) is 0 Å². The van der Waals surface area contributed by atoms with Gasteiger partial charge in [-0.3, -0.25) is 4.52 Å². The zero-order chi connectivity index (χ0) is 14.7. The van der Waals surface area contributed by atoms with E-state index in [1.807, 2.05) is 0 Å². The minimum absolute atomic E-state index is 0.216. The molecular formula is C8H14F5O4P. The summed E-state index contributed by atoms with van der Waals surface area (Å²) in [6.07, 6.45) is -9.28. The van der Waals surface area contributed by atoms with E-state index >= 15 is 0 Å². The van der Waals surface area contributed by atoms with Crippen molar-refractivity contribution in [3.8, 4) is 0 Å². The number of phosphoric ester groups is 1. The highest BCUT2D eigenvalue weighted by atomic mass is 31.2. The summed E-state index contributed by atoms with van der Waals surface area (Å²) in [5.41, 5.74) is 0. The number of alkyl halides is 5. The van der Waals surface area contributed by atoms with Crippen molar-refractivity contribution in [3.05, 3.63) is 0 Å². The Bertz CT molecular complexity index is 308. The van der Waals surface area contributed by atoms with Crippen LogP contribution in [0, 0.1) is 5.92 Å². The molecule has 0 bridgehead atoms. The van der Waals surface area contributed by atoms with E-state index in [4.69, 9.17) is 9.79 Å².